The number of hydrogen-bond donors (Lipinski definition) is 10. The first-order valence-electron chi connectivity index (χ1n) is 12.4. The van der Waals surface area contributed by atoms with Crippen LogP contribution in [0.15, 0.2) is 0 Å². The van der Waals surface area contributed by atoms with Gasteiger partial charge in [0.1, 0.15) is 30.2 Å². The minimum absolute atomic E-state index is 0.0184. The fourth-order valence-corrected chi connectivity index (χ4v) is 3.33. The molecule has 0 unspecified atom stereocenters. The van der Waals surface area contributed by atoms with E-state index < -0.39 is 116 Å². The Morgan fingerprint density at radius 3 is 1.37 bits per heavy atom. The second kappa shape index (κ2) is 18.1. The van der Waals surface area contributed by atoms with Gasteiger partial charge in [0.05, 0.1) is 13.0 Å². The molecule has 232 valence electrons. The number of nitrogens with one attached hydrogen (secondary N) is 4. The van der Waals surface area contributed by atoms with Crippen molar-refractivity contribution in [1.82, 2.24) is 21.3 Å². The molecular formula is C23H37N5O13. The highest BCUT2D eigenvalue weighted by molar-refractivity contribution is 5.96. The molecule has 41 heavy (non-hydrogen) atoms. The molecule has 0 aromatic heterocycles. The molecule has 0 aliphatic rings. The van der Waals surface area contributed by atoms with E-state index in [-0.39, 0.29) is 12.3 Å². The number of amides is 4. The summed E-state index contributed by atoms with van der Waals surface area (Å²) in [6.07, 6.45) is -3.40. The number of carboxylic acid groups (broad SMARTS) is 4. The second-order valence-corrected chi connectivity index (χ2v) is 9.46. The van der Waals surface area contributed by atoms with Gasteiger partial charge >= 0.3 is 23.9 Å². The summed E-state index contributed by atoms with van der Waals surface area (Å²) < 4.78 is 0. The zero-order chi connectivity index (χ0) is 31.9. The van der Waals surface area contributed by atoms with E-state index in [4.69, 9.17) is 21.1 Å². The number of aliphatic carboxylic acids is 4. The second-order valence-electron chi connectivity index (χ2n) is 9.46. The first-order chi connectivity index (χ1) is 19.0. The molecular weight excluding hydrogens is 554 g/mol. The van der Waals surface area contributed by atoms with Crippen LogP contribution in [-0.4, -0.2) is 110 Å². The van der Waals surface area contributed by atoms with Gasteiger partial charge in [0.2, 0.25) is 23.6 Å². The Balaban J connectivity index is 5.97. The fraction of sp³-hybridized carbons (Fsp3) is 0.652. The van der Waals surface area contributed by atoms with Gasteiger partial charge in [-0.2, -0.15) is 0 Å². The summed E-state index contributed by atoms with van der Waals surface area (Å²) in [7, 11) is 0. The van der Waals surface area contributed by atoms with E-state index in [1.807, 2.05) is 0 Å². The number of carbonyl (C=O) groups excluding carboxylic acids is 4. The van der Waals surface area contributed by atoms with Gasteiger partial charge in [-0.05, 0) is 25.2 Å². The van der Waals surface area contributed by atoms with Crippen molar-refractivity contribution in [3.05, 3.63) is 0 Å². The third kappa shape index (κ3) is 15.2. The van der Waals surface area contributed by atoms with Crippen LogP contribution in [0.2, 0.25) is 0 Å². The lowest BCUT2D eigenvalue weighted by atomic mass is 10.0. The quantitative estimate of drug-likeness (QED) is 0.0659. The van der Waals surface area contributed by atoms with E-state index in [1.165, 1.54) is 0 Å². The van der Waals surface area contributed by atoms with Crippen LogP contribution in [0.25, 0.3) is 0 Å². The molecule has 5 atom stereocenters. The summed E-state index contributed by atoms with van der Waals surface area (Å²) in [6, 6.07) is -8.03. The highest BCUT2D eigenvalue weighted by atomic mass is 16.4. The van der Waals surface area contributed by atoms with Crippen molar-refractivity contribution in [1.29, 1.82) is 0 Å². The van der Waals surface area contributed by atoms with Gasteiger partial charge in [-0.3, -0.25) is 33.6 Å². The maximum absolute atomic E-state index is 13.0. The monoisotopic (exact) mass is 591 g/mol. The molecule has 0 aliphatic heterocycles. The third-order valence-corrected chi connectivity index (χ3v) is 5.43. The lowest BCUT2D eigenvalue weighted by Crippen LogP contribution is -2.59. The molecule has 0 bridgehead atoms. The molecule has 18 heteroatoms. The average molecular weight is 592 g/mol. The van der Waals surface area contributed by atoms with Crippen LogP contribution >= 0.6 is 0 Å². The summed E-state index contributed by atoms with van der Waals surface area (Å²) in [5.41, 5.74) is 5.39. The van der Waals surface area contributed by atoms with Crippen molar-refractivity contribution in [2.24, 2.45) is 11.7 Å². The Kier molecular flexibility index (Phi) is 16.2. The normalized spacial score (nSPS) is 14.5. The smallest absolute Gasteiger partial charge is 0.326 e. The van der Waals surface area contributed by atoms with Gasteiger partial charge in [0.25, 0.3) is 0 Å². The van der Waals surface area contributed by atoms with E-state index in [2.05, 4.69) is 21.3 Å². The molecule has 18 nitrogen and oxygen atoms in total. The first kappa shape index (κ1) is 36.7. The van der Waals surface area contributed by atoms with E-state index >= 15 is 0 Å². The van der Waals surface area contributed by atoms with Crippen molar-refractivity contribution >= 4 is 47.5 Å². The predicted molar refractivity (Wildman–Crippen MR) is 136 cm³/mol. The van der Waals surface area contributed by atoms with Crippen molar-refractivity contribution in [2.45, 2.75) is 82.6 Å². The van der Waals surface area contributed by atoms with Crippen molar-refractivity contribution in [2.75, 3.05) is 6.61 Å². The lowest BCUT2D eigenvalue weighted by Gasteiger charge is -2.26. The summed E-state index contributed by atoms with van der Waals surface area (Å²) in [5, 5.41) is 54.1. The fourth-order valence-electron chi connectivity index (χ4n) is 3.33. The molecule has 0 fully saturated rings. The zero-order valence-corrected chi connectivity index (χ0v) is 22.5. The number of nitrogens with two attached hydrogens (primary N) is 1. The molecule has 0 aromatic rings. The number of carbonyl (C=O) groups is 8. The Hall–Kier alpha value is -4.32. The van der Waals surface area contributed by atoms with Gasteiger partial charge < -0.3 is 52.5 Å². The van der Waals surface area contributed by atoms with E-state index in [1.54, 1.807) is 13.8 Å². The predicted octanol–water partition coefficient (Wildman–Crippen LogP) is -3.42. The lowest BCUT2D eigenvalue weighted by molar-refractivity contribution is -0.144. The van der Waals surface area contributed by atoms with Crippen molar-refractivity contribution in [3.8, 4) is 0 Å². The van der Waals surface area contributed by atoms with Gasteiger partial charge in [-0.15, -0.1) is 0 Å². The van der Waals surface area contributed by atoms with Gasteiger partial charge in [0.15, 0.2) is 0 Å². The topological polar surface area (TPSA) is 312 Å². The summed E-state index contributed by atoms with van der Waals surface area (Å²) in [5.74, 6) is -10.4. The Morgan fingerprint density at radius 1 is 0.610 bits per heavy atom. The van der Waals surface area contributed by atoms with E-state index in [9.17, 15) is 48.6 Å². The van der Waals surface area contributed by atoms with Crippen LogP contribution in [0, 0.1) is 5.92 Å². The first-order valence-corrected chi connectivity index (χ1v) is 12.4. The molecule has 0 saturated carbocycles. The van der Waals surface area contributed by atoms with Crippen LogP contribution in [0.1, 0.15) is 52.4 Å². The standard InChI is InChI=1S/C23H37N5O13/c1-10(2)7-15(23(40)41)28-22(39)14(8-18(34)35)27-21(38)13(4-6-17(32)33)26-20(37)12(3-5-16(30)31)25-19(36)11(24)9-29/h10-15,29H,3-9,24H2,1-2H3,(H,25,36)(H,26,37)(H,27,38)(H,28,39)(H,30,31)(H,32,33)(H,34,35)(H,40,41)/t11-,12-,13-,14-,15-/m0/s1. The maximum Gasteiger partial charge on any atom is 0.326 e. The number of rotatable bonds is 20. The molecule has 0 aromatic carbocycles. The van der Waals surface area contributed by atoms with Crippen molar-refractivity contribution < 1.29 is 63.9 Å². The SMILES string of the molecule is CC(C)C[C@H](NC(=O)[C@H](CC(=O)O)NC(=O)[C@H](CCC(=O)O)NC(=O)[C@H](CCC(=O)O)NC(=O)[C@@H](N)CO)C(=O)O. The number of aliphatic hydroxyl groups excluding tert-OH is 1. The minimum Gasteiger partial charge on any atom is -0.481 e. The largest absolute Gasteiger partial charge is 0.481 e. The van der Waals surface area contributed by atoms with Crippen LogP contribution in [0.3, 0.4) is 0 Å². The van der Waals surface area contributed by atoms with Gasteiger partial charge in [-0.25, -0.2) is 4.79 Å². The Bertz CT molecular complexity index is 987. The summed E-state index contributed by atoms with van der Waals surface area (Å²) in [6.45, 7) is 2.55. The molecule has 11 N–H and O–H groups in total. The molecule has 4 amide bonds. The van der Waals surface area contributed by atoms with Crippen molar-refractivity contribution in [3.63, 3.8) is 0 Å². The Morgan fingerprint density at radius 2 is 1.00 bits per heavy atom. The molecule has 0 radical (unpaired) electrons. The van der Waals surface area contributed by atoms with Crippen LogP contribution < -0.4 is 27.0 Å². The number of hydrogen-bond acceptors (Lipinski definition) is 10. The maximum atomic E-state index is 13.0. The highest BCUT2D eigenvalue weighted by Gasteiger charge is 2.33. The minimum atomic E-state index is -1.83. The van der Waals surface area contributed by atoms with Gasteiger partial charge in [-0.1, -0.05) is 13.8 Å². The number of carboxylic acids is 4. The summed E-state index contributed by atoms with van der Waals surface area (Å²) >= 11 is 0. The molecule has 0 spiro atoms. The van der Waals surface area contributed by atoms with Crippen LogP contribution in [0.4, 0.5) is 0 Å². The van der Waals surface area contributed by atoms with E-state index in [0.29, 0.717) is 0 Å². The molecule has 0 rings (SSSR count). The van der Waals surface area contributed by atoms with Crippen LogP contribution in [0.5, 0.6) is 0 Å². The number of aliphatic hydroxyl groups is 1. The van der Waals surface area contributed by atoms with E-state index in [0.717, 1.165) is 0 Å². The van der Waals surface area contributed by atoms with Crippen LogP contribution in [-0.2, 0) is 38.4 Å². The average Bonchev–Trinajstić information content (AvgIpc) is 2.86. The third-order valence-electron chi connectivity index (χ3n) is 5.43. The summed E-state index contributed by atoms with van der Waals surface area (Å²) in [4.78, 5) is 95.7. The van der Waals surface area contributed by atoms with Gasteiger partial charge in [0, 0.05) is 12.8 Å². The zero-order valence-electron chi connectivity index (χ0n) is 22.5. The molecule has 0 aliphatic carbocycles. The highest BCUT2D eigenvalue weighted by Crippen LogP contribution is 2.08. The Labute approximate surface area is 234 Å². The molecule has 0 heterocycles. The molecule has 0 saturated heterocycles.